The van der Waals surface area contributed by atoms with Gasteiger partial charge in [-0.15, -0.1) is 0 Å². The first-order valence-corrected chi connectivity index (χ1v) is 5.14. The topological polar surface area (TPSA) is 46.3 Å². The van der Waals surface area contributed by atoms with Crippen molar-refractivity contribution in [3.63, 3.8) is 0 Å². The highest BCUT2D eigenvalue weighted by Gasteiger charge is 2.25. The Morgan fingerprint density at radius 2 is 2.12 bits per heavy atom. The maximum absolute atomic E-state index is 13.2. The van der Waals surface area contributed by atoms with Crippen molar-refractivity contribution < 1.29 is 9.18 Å². The number of carbonyl (C=O) groups excluding carboxylic acids is 1. The van der Waals surface area contributed by atoms with E-state index in [4.69, 9.17) is 5.73 Å². The third kappa shape index (κ3) is 2.28. The van der Waals surface area contributed by atoms with E-state index in [1.54, 1.807) is 23.1 Å². The van der Waals surface area contributed by atoms with Crippen molar-refractivity contribution in [1.29, 1.82) is 0 Å². The molecule has 1 aromatic carbocycles. The molecule has 0 aromatic heterocycles. The fraction of sp³-hybridized carbons (Fsp3) is 0.250. The molecule has 3 nitrogen and oxygen atoms in total. The number of carbonyl (C=O) groups is 1. The quantitative estimate of drug-likeness (QED) is 0.756. The van der Waals surface area contributed by atoms with Crippen molar-refractivity contribution in [3.8, 4) is 0 Å². The van der Waals surface area contributed by atoms with Gasteiger partial charge in [-0.25, -0.2) is 4.39 Å². The number of hydrogen-bond acceptors (Lipinski definition) is 2. The molecule has 1 saturated heterocycles. The van der Waals surface area contributed by atoms with E-state index in [-0.39, 0.29) is 17.8 Å². The highest BCUT2D eigenvalue weighted by atomic mass is 19.1. The second-order valence-corrected chi connectivity index (χ2v) is 3.86. The standard InChI is InChI=1S/C12H13FN2O/c13-11-4-2-1-3-9(11)5-6-12(16)15-7-10(14)8-15/h1-6,10H,7-8,14H2/b6-5+. The maximum atomic E-state index is 13.2. The van der Waals surface area contributed by atoms with Crippen LogP contribution in [0, 0.1) is 5.82 Å². The molecule has 0 saturated carbocycles. The minimum Gasteiger partial charge on any atom is -0.336 e. The molecule has 1 fully saturated rings. The van der Waals surface area contributed by atoms with Gasteiger partial charge >= 0.3 is 0 Å². The molecule has 1 amide bonds. The summed E-state index contributed by atoms with van der Waals surface area (Å²) in [4.78, 5) is 13.1. The largest absolute Gasteiger partial charge is 0.336 e. The molecule has 2 N–H and O–H groups in total. The summed E-state index contributed by atoms with van der Waals surface area (Å²) >= 11 is 0. The van der Waals surface area contributed by atoms with Gasteiger partial charge in [-0.1, -0.05) is 18.2 Å². The predicted octanol–water partition coefficient (Wildman–Crippen LogP) is 1.01. The van der Waals surface area contributed by atoms with E-state index in [1.807, 2.05) is 0 Å². The highest BCUT2D eigenvalue weighted by Crippen LogP contribution is 2.10. The first-order chi connectivity index (χ1) is 7.66. The summed E-state index contributed by atoms with van der Waals surface area (Å²) in [6.07, 6.45) is 2.87. The van der Waals surface area contributed by atoms with Crippen molar-refractivity contribution in [1.82, 2.24) is 4.90 Å². The number of hydrogen-bond donors (Lipinski definition) is 1. The van der Waals surface area contributed by atoms with Crippen LogP contribution < -0.4 is 5.73 Å². The fourth-order valence-corrected chi connectivity index (χ4v) is 1.57. The molecule has 16 heavy (non-hydrogen) atoms. The van der Waals surface area contributed by atoms with Crippen LogP contribution in [0.1, 0.15) is 5.56 Å². The zero-order valence-electron chi connectivity index (χ0n) is 8.77. The molecule has 84 valence electrons. The SMILES string of the molecule is NC1CN(C(=O)/C=C/c2ccccc2F)C1. The molecule has 1 aliphatic rings. The molecular formula is C12H13FN2O. The molecule has 1 heterocycles. The van der Waals surface area contributed by atoms with Gasteiger partial charge < -0.3 is 10.6 Å². The first-order valence-electron chi connectivity index (χ1n) is 5.14. The van der Waals surface area contributed by atoms with Crippen LogP contribution in [0.2, 0.25) is 0 Å². The molecule has 0 unspecified atom stereocenters. The number of benzene rings is 1. The summed E-state index contributed by atoms with van der Waals surface area (Å²) < 4.78 is 13.2. The maximum Gasteiger partial charge on any atom is 0.246 e. The smallest absolute Gasteiger partial charge is 0.246 e. The number of halogens is 1. The average Bonchev–Trinajstić information content (AvgIpc) is 2.23. The Balaban J connectivity index is 1.99. The molecule has 4 heteroatoms. The van der Waals surface area contributed by atoms with Crippen LogP contribution in [0.15, 0.2) is 30.3 Å². The Morgan fingerprint density at radius 3 is 2.75 bits per heavy atom. The van der Waals surface area contributed by atoms with Gasteiger partial charge in [0.15, 0.2) is 0 Å². The second-order valence-electron chi connectivity index (χ2n) is 3.86. The molecule has 0 atom stereocenters. The molecule has 1 aromatic rings. The van der Waals surface area contributed by atoms with Gasteiger partial charge in [0.05, 0.1) is 0 Å². The van der Waals surface area contributed by atoms with E-state index in [0.29, 0.717) is 18.7 Å². The van der Waals surface area contributed by atoms with Gasteiger partial charge in [-0.3, -0.25) is 4.79 Å². The summed E-state index contributed by atoms with van der Waals surface area (Å²) in [5.74, 6) is -0.447. The second kappa shape index (κ2) is 4.45. The van der Waals surface area contributed by atoms with Gasteiger partial charge in [-0.05, 0) is 12.1 Å². The Bertz CT molecular complexity index is 425. The van der Waals surface area contributed by atoms with Gasteiger partial charge in [0.2, 0.25) is 5.91 Å². The van der Waals surface area contributed by atoms with Crippen molar-refractivity contribution in [2.45, 2.75) is 6.04 Å². The molecule has 0 bridgehead atoms. The number of likely N-dealkylation sites (tertiary alicyclic amines) is 1. The van der Waals surface area contributed by atoms with E-state index in [0.717, 1.165) is 0 Å². The lowest BCUT2D eigenvalue weighted by Gasteiger charge is -2.36. The van der Waals surface area contributed by atoms with E-state index < -0.39 is 0 Å². The Morgan fingerprint density at radius 1 is 1.44 bits per heavy atom. The Labute approximate surface area is 93.4 Å². The lowest BCUT2D eigenvalue weighted by molar-refractivity contribution is -0.130. The molecule has 2 rings (SSSR count). The average molecular weight is 220 g/mol. The lowest BCUT2D eigenvalue weighted by atomic mass is 10.1. The van der Waals surface area contributed by atoms with Crippen molar-refractivity contribution in [2.75, 3.05) is 13.1 Å². The normalized spacial score (nSPS) is 16.5. The van der Waals surface area contributed by atoms with E-state index in [9.17, 15) is 9.18 Å². The van der Waals surface area contributed by atoms with Gasteiger partial charge in [0.1, 0.15) is 5.82 Å². The van der Waals surface area contributed by atoms with Crippen LogP contribution in [-0.2, 0) is 4.79 Å². The monoisotopic (exact) mass is 220 g/mol. The third-order valence-electron chi connectivity index (χ3n) is 2.53. The summed E-state index contributed by atoms with van der Waals surface area (Å²) in [7, 11) is 0. The van der Waals surface area contributed by atoms with Gasteiger partial charge in [0.25, 0.3) is 0 Å². The molecular weight excluding hydrogens is 207 g/mol. The van der Waals surface area contributed by atoms with Crippen molar-refractivity contribution in [2.24, 2.45) is 5.73 Å². The number of nitrogens with two attached hydrogens (primary N) is 1. The predicted molar refractivity (Wildman–Crippen MR) is 60.0 cm³/mol. The third-order valence-corrected chi connectivity index (χ3v) is 2.53. The van der Waals surface area contributed by atoms with Gasteiger partial charge in [-0.2, -0.15) is 0 Å². The minimum absolute atomic E-state index is 0.0887. The summed E-state index contributed by atoms with van der Waals surface area (Å²) in [6.45, 7) is 1.17. The van der Waals surface area contributed by atoms with Crippen LogP contribution in [0.5, 0.6) is 0 Å². The van der Waals surface area contributed by atoms with Crippen LogP contribution in [0.25, 0.3) is 6.08 Å². The fourth-order valence-electron chi connectivity index (χ4n) is 1.57. The molecule has 0 spiro atoms. The number of nitrogens with zero attached hydrogens (tertiary/aromatic N) is 1. The summed E-state index contributed by atoms with van der Waals surface area (Å²) in [6, 6.07) is 6.42. The summed E-state index contributed by atoms with van der Waals surface area (Å²) in [5.41, 5.74) is 5.98. The Kier molecular flexibility index (Phi) is 3.01. The summed E-state index contributed by atoms with van der Waals surface area (Å²) in [5, 5.41) is 0. The lowest BCUT2D eigenvalue weighted by Crippen LogP contribution is -2.57. The van der Waals surface area contributed by atoms with E-state index in [1.165, 1.54) is 18.2 Å². The van der Waals surface area contributed by atoms with Crippen LogP contribution >= 0.6 is 0 Å². The molecule has 1 aliphatic heterocycles. The van der Waals surface area contributed by atoms with Crippen LogP contribution in [0.4, 0.5) is 4.39 Å². The highest BCUT2D eigenvalue weighted by molar-refractivity contribution is 5.92. The zero-order valence-corrected chi connectivity index (χ0v) is 8.77. The van der Waals surface area contributed by atoms with E-state index >= 15 is 0 Å². The van der Waals surface area contributed by atoms with Crippen molar-refractivity contribution in [3.05, 3.63) is 41.7 Å². The first kappa shape index (κ1) is 10.8. The van der Waals surface area contributed by atoms with Gasteiger partial charge in [0, 0.05) is 30.8 Å². The number of rotatable bonds is 2. The molecule has 0 radical (unpaired) electrons. The minimum atomic E-state index is -0.327. The Hall–Kier alpha value is -1.68. The zero-order chi connectivity index (χ0) is 11.5. The number of amides is 1. The van der Waals surface area contributed by atoms with E-state index in [2.05, 4.69) is 0 Å². The molecule has 0 aliphatic carbocycles. The van der Waals surface area contributed by atoms with Crippen LogP contribution in [-0.4, -0.2) is 29.9 Å². The van der Waals surface area contributed by atoms with Crippen LogP contribution in [0.3, 0.4) is 0 Å². The van der Waals surface area contributed by atoms with Crippen molar-refractivity contribution >= 4 is 12.0 Å².